The molecule has 3 aromatic carbocycles. The van der Waals surface area contributed by atoms with Gasteiger partial charge in [-0.3, -0.25) is 15.1 Å². The number of aliphatic imine (C=N–C) groups is 1. The minimum atomic E-state index is -1.10. The predicted molar refractivity (Wildman–Crippen MR) is 233 cm³/mol. The lowest BCUT2D eigenvalue weighted by molar-refractivity contribution is -0.121. The lowest BCUT2D eigenvalue weighted by Gasteiger charge is -2.39. The van der Waals surface area contributed by atoms with Gasteiger partial charge >= 0.3 is 0 Å². The second kappa shape index (κ2) is 18.7. The number of Topliss-reactive ketones (excluding diaryl/α,β-unsaturated/α-hetero) is 1. The number of hydrogen-bond donors (Lipinski definition) is 6. The highest BCUT2D eigenvalue weighted by Crippen LogP contribution is 2.49. The SMILES string of the molecule is CCCC(O)CC(O)CC(=O)CCc1cc2c(cc1O)OC#CC1(CCCC1)C1C#CC(O)c3ccc(C(N)NCCc4ccccc4)cc3CC3=CN=C4CN(C=C34)C1O2. The molecule has 1 fully saturated rings. The summed E-state index contributed by atoms with van der Waals surface area (Å²) in [5.41, 5.74) is 13.3. The average molecular weight is 825 g/mol. The van der Waals surface area contributed by atoms with Crippen molar-refractivity contribution in [2.45, 2.75) is 115 Å². The molecular formula is C50H56N4O7. The summed E-state index contributed by atoms with van der Waals surface area (Å²) in [6.07, 6.45) is 9.70. The Kier molecular flexibility index (Phi) is 13.0. The monoisotopic (exact) mass is 824 g/mol. The lowest BCUT2D eigenvalue weighted by Crippen LogP contribution is -2.47. The maximum Gasteiger partial charge on any atom is 0.187 e. The van der Waals surface area contributed by atoms with Crippen molar-refractivity contribution in [2.75, 3.05) is 13.1 Å². The van der Waals surface area contributed by atoms with Crippen LogP contribution in [0.5, 0.6) is 17.2 Å². The van der Waals surface area contributed by atoms with Gasteiger partial charge in [-0.05, 0) is 78.0 Å². The third-order valence-corrected chi connectivity index (χ3v) is 12.7. The summed E-state index contributed by atoms with van der Waals surface area (Å²) < 4.78 is 13.1. The average Bonchev–Trinajstić information content (AvgIpc) is 3.99. The van der Waals surface area contributed by atoms with Crippen LogP contribution in [-0.4, -0.2) is 68.3 Å². The largest absolute Gasteiger partial charge is 0.508 e. The van der Waals surface area contributed by atoms with E-state index in [4.69, 9.17) is 20.2 Å². The van der Waals surface area contributed by atoms with Crippen LogP contribution in [0, 0.1) is 35.2 Å². The molecular weight excluding hydrogens is 769 g/mol. The molecule has 7 N–H and O–H groups in total. The quantitative estimate of drug-likeness (QED) is 0.0832. The van der Waals surface area contributed by atoms with E-state index < -0.39 is 42.0 Å². The van der Waals surface area contributed by atoms with Crippen LogP contribution in [0.1, 0.15) is 105 Å². The van der Waals surface area contributed by atoms with Crippen LogP contribution in [0.3, 0.4) is 0 Å². The summed E-state index contributed by atoms with van der Waals surface area (Å²) in [4.78, 5) is 19.9. The summed E-state index contributed by atoms with van der Waals surface area (Å²) in [7, 11) is 0. The second-order valence-electron chi connectivity index (χ2n) is 17.1. The number of aliphatic hydroxyl groups is 3. The molecule has 4 heterocycles. The Bertz CT molecular complexity index is 2330. The molecule has 1 saturated carbocycles. The number of carbonyl (C=O) groups is 1. The second-order valence-corrected chi connectivity index (χ2v) is 17.1. The zero-order valence-electron chi connectivity index (χ0n) is 34.8. The molecule has 61 heavy (non-hydrogen) atoms. The van der Waals surface area contributed by atoms with Gasteiger partial charge < -0.3 is 40.5 Å². The number of phenolic OH excluding ortho intramolecular Hbond substituents is 1. The van der Waals surface area contributed by atoms with Gasteiger partial charge in [-0.15, -0.1) is 0 Å². The van der Waals surface area contributed by atoms with E-state index in [2.05, 4.69) is 58.5 Å². The summed E-state index contributed by atoms with van der Waals surface area (Å²) in [5.74, 6) is 10.1. The van der Waals surface area contributed by atoms with Crippen LogP contribution < -0.4 is 20.5 Å². The van der Waals surface area contributed by atoms with Crippen LogP contribution in [0.15, 0.2) is 89.2 Å². The highest BCUT2D eigenvalue weighted by Gasteiger charge is 2.48. The standard InChI is InChI=1S/C50H56N4O7/c1-2-8-37(55)26-39(57)27-38(56)13-11-33-25-47-46(28-45(33)59)60-22-20-50(18-6-7-19-50)42-15-16-44(58)40-14-12-34(48(51)52-21-17-32-9-4-3-5-10-32)23-35(40)24-36-29-53-43-31-54(30-41(36)43)49(42)61-47/h3-5,9-10,12,14,23,25,28-30,37,39,42,44,48-49,52,55,57-59H,2,6-8,11,13,17-19,21,24,26-27,31,51H2,1H3. The molecule has 3 aromatic rings. The molecule has 11 nitrogen and oxygen atoms in total. The van der Waals surface area contributed by atoms with Gasteiger partial charge in [-0.2, -0.15) is 0 Å². The molecule has 318 valence electrons. The fraction of sp³-hybridized carbons (Fsp3) is 0.440. The predicted octanol–water partition coefficient (Wildman–Crippen LogP) is 6.05. The van der Waals surface area contributed by atoms with E-state index in [0.717, 1.165) is 66.5 Å². The normalized spacial score (nSPS) is 22.1. The number of allylic oxidation sites excluding steroid dienone is 1. The zero-order chi connectivity index (χ0) is 42.5. The van der Waals surface area contributed by atoms with Crippen molar-refractivity contribution in [3.05, 3.63) is 112 Å². The van der Waals surface area contributed by atoms with E-state index in [1.54, 1.807) is 6.07 Å². The van der Waals surface area contributed by atoms with Crippen LogP contribution in [0.4, 0.5) is 0 Å². The molecule has 0 amide bonds. The van der Waals surface area contributed by atoms with Crippen molar-refractivity contribution in [3.8, 4) is 41.1 Å². The molecule has 0 saturated heterocycles. The van der Waals surface area contributed by atoms with Crippen molar-refractivity contribution >= 4 is 11.5 Å². The van der Waals surface area contributed by atoms with Crippen molar-refractivity contribution < 1.29 is 34.7 Å². The Balaban J connectivity index is 1.09. The van der Waals surface area contributed by atoms with E-state index in [1.807, 2.05) is 43.5 Å². The summed E-state index contributed by atoms with van der Waals surface area (Å²) in [6.45, 7) is 3.14. The van der Waals surface area contributed by atoms with Gasteiger partial charge in [0, 0.05) is 49.8 Å². The number of aromatic hydroxyl groups is 1. The van der Waals surface area contributed by atoms with Crippen LogP contribution >= 0.6 is 0 Å². The number of ketones is 1. The first kappa shape index (κ1) is 42.3. The van der Waals surface area contributed by atoms with Crippen molar-refractivity contribution in [1.82, 2.24) is 10.2 Å². The molecule has 0 aromatic heterocycles. The number of nitrogens with one attached hydrogen (secondary N) is 1. The maximum absolute atomic E-state index is 12.9. The molecule has 2 bridgehead atoms. The first-order valence-corrected chi connectivity index (χ1v) is 21.8. The number of nitrogens with two attached hydrogens (primary N) is 1. The third kappa shape index (κ3) is 9.58. The summed E-state index contributed by atoms with van der Waals surface area (Å²) in [6, 6.07) is 19.4. The number of nitrogens with zero attached hydrogens (tertiary/aromatic N) is 2. The lowest BCUT2D eigenvalue weighted by atomic mass is 9.73. The van der Waals surface area contributed by atoms with Crippen molar-refractivity contribution in [2.24, 2.45) is 22.1 Å². The number of aliphatic hydroxyl groups excluding tert-OH is 3. The van der Waals surface area contributed by atoms with Gasteiger partial charge in [0.1, 0.15) is 23.7 Å². The van der Waals surface area contributed by atoms with E-state index in [1.165, 1.54) is 11.6 Å². The van der Waals surface area contributed by atoms with Gasteiger partial charge in [0.2, 0.25) is 0 Å². The number of carbonyl (C=O) groups excluding carboxylic acids is 1. The van der Waals surface area contributed by atoms with Crippen LogP contribution in [-0.2, 0) is 24.1 Å². The molecule has 5 aliphatic rings. The number of benzene rings is 3. The Labute approximate surface area is 358 Å². The number of phenols is 1. The Morgan fingerprint density at radius 2 is 1.87 bits per heavy atom. The Morgan fingerprint density at radius 1 is 1.05 bits per heavy atom. The number of ether oxygens (including phenoxy) is 2. The number of fused-ring (bicyclic) bond motifs is 6. The first-order chi connectivity index (χ1) is 29.6. The summed E-state index contributed by atoms with van der Waals surface area (Å²) in [5, 5.41) is 47.1. The molecule has 0 radical (unpaired) electrons. The van der Waals surface area contributed by atoms with E-state index in [-0.39, 0.29) is 43.0 Å². The van der Waals surface area contributed by atoms with E-state index in [9.17, 15) is 25.2 Å². The number of rotatable bonds is 14. The first-order valence-electron chi connectivity index (χ1n) is 21.8. The van der Waals surface area contributed by atoms with Gasteiger partial charge in [-0.25, -0.2) is 0 Å². The summed E-state index contributed by atoms with van der Waals surface area (Å²) >= 11 is 0. The molecule has 11 heteroatoms. The van der Waals surface area contributed by atoms with Crippen LogP contribution in [0.2, 0.25) is 0 Å². The molecule has 4 aliphatic heterocycles. The minimum Gasteiger partial charge on any atom is -0.508 e. The van der Waals surface area contributed by atoms with Crippen LogP contribution in [0.25, 0.3) is 0 Å². The molecule has 6 unspecified atom stereocenters. The fourth-order valence-corrected chi connectivity index (χ4v) is 9.37. The van der Waals surface area contributed by atoms with E-state index >= 15 is 0 Å². The molecule has 8 rings (SSSR count). The number of hydrogen-bond acceptors (Lipinski definition) is 11. The van der Waals surface area contributed by atoms with Crippen molar-refractivity contribution in [3.63, 3.8) is 0 Å². The van der Waals surface area contributed by atoms with Crippen molar-refractivity contribution in [1.29, 1.82) is 0 Å². The smallest absolute Gasteiger partial charge is 0.187 e. The van der Waals surface area contributed by atoms with Gasteiger partial charge in [0.05, 0.1) is 42.0 Å². The molecule has 1 aliphatic carbocycles. The maximum atomic E-state index is 12.9. The fourth-order valence-electron chi connectivity index (χ4n) is 9.37. The topological polar surface area (TPSA) is 170 Å². The highest BCUT2D eigenvalue weighted by atomic mass is 16.5. The van der Waals surface area contributed by atoms with Gasteiger partial charge in [0.15, 0.2) is 17.7 Å². The van der Waals surface area contributed by atoms with Gasteiger partial charge in [0.25, 0.3) is 0 Å². The Hall–Kier alpha value is -5.40. The molecule has 6 atom stereocenters. The third-order valence-electron chi connectivity index (χ3n) is 12.7. The minimum absolute atomic E-state index is 0.0587. The Morgan fingerprint density at radius 3 is 2.67 bits per heavy atom. The van der Waals surface area contributed by atoms with Gasteiger partial charge in [-0.1, -0.05) is 92.5 Å². The van der Waals surface area contributed by atoms with E-state index in [0.29, 0.717) is 42.8 Å². The molecule has 1 spiro atoms. The number of aryl methyl sites for hydroxylation is 1. The zero-order valence-corrected chi connectivity index (χ0v) is 34.8. The highest BCUT2D eigenvalue weighted by molar-refractivity contribution is 6.09.